The molecule has 3 unspecified atom stereocenters. The second kappa shape index (κ2) is 2.90. The Labute approximate surface area is 76.1 Å². The number of hydrogen-bond donors (Lipinski definition) is 0. The van der Waals surface area contributed by atoms with E-state index in [0.717, 1.165) is 11.8 Å². The van der Waals surface area contributed by atoms with Crippen LogP contribution >= 0.6 is 0 Å². The van der Waals surface area contributed by atoms with Crippen LogP contribution in [0, 0.1) is 17.3 Å². The maximum absolute atomic E-state index is 2.49. The zero-order valence-corrected chi connectivity index (χ0v) is 8.34. The molecule has 0 bridgehead atoms. The van der Waals surface area contributed by atoms with Crippen molar-refractivity contribution in [3.63, 3.8) is 0 Å². The lowest BCUT2D eigenvalue weighted by molar-refractivity contribution is 0.206. The fourth-order valence-electron chi connectivity index (χ4n) is 3.26. The van der Waals surface area contributed by atoms with Crippen molar-refractivity contribution < 1.29 is 0 Å². The van der Waals surface area contributed by atoms with Gasteiger partial charge in [-0.1, -0.05) is 38.8 Å². The zero-order chi connectivity index (χ0) is 8.60. The Bertz CT molecular complexity index is 192. The first kappa shape index (κ1) is 8.34. The predicted octanol–water partition coefficient (Wildman–Crippen LogP) is 3.78. The third-order valence-corrected chi connectivity index (χ3v) is 4.06. The van der Waals surface area contributed by atoms with Gasteiger partial charge in [0.05, 0.1) is 0 Å². The maximum Gasteiger partial charge on any atom is -0.0113 e. The molecular weight excluding hydrogens is 144 g/mol. The van der Waals surface area contributed by atoms with Crippen LogP contribution in [0.2, 0.25) is 0 Å². The van der Waals surface area contributed by atoms with Crippen LogP contribution in [0.1, 0.15) is 46.0 Å². The van der Waals surface area contributed by atoms with Gasteiger partial charge in [0, 0.05) is 0 Å². The molecule has 0 heterocycles. The minimum absolute atomic E-state index is 0.565. The van der Waals surface area contributed by atoms with Crippen molar-refractivity contribution in [1.82, 2.24) is 0 Å². The Morgan fingerprint density at radius 3 is 2.67 bits per heavy atom. The van der Waals surface area contributed by atoms with Crippen LogP contribution in [0.5, 0.6) is 0 Å². The molecule has 0 radical (unpaired) electrons. The first-order chi connectivity index (χ1) is 5.72. The molecule has 0 saturated heterocycles. The van der Waals surface area contributed by atoms with E-state index >= 15 is 0 Å². The highest BCUT2D eigenvalue weighted by Crippen LogP contribution is 2.49. The normalized spacial score (nSPS) is 47.2. The monoisotopic (exact) mass is 164 g/mol. The van der Waals surface area contributed by atoms with E-state index in [9.17, 15) is 0 Å². The Balaban J connectivity index is 2.11. The smallest absolute Gasteiger partial charge is 0.0113 e. The molecule has 0 N–H and O–H groups in total. The van der Waals surface area contributed by atoms with Crippen molar-refractivity contribution >= 4 is 0 Å². The highest BCUT2D eigenvalue weighted by molar-refractivity contribution is 5.08. The Kier molecular flexibility index (Phi) is 2.02. The van der Waals surface area contributed by atoms with Gasteiger partial charge in [0.15, 0.2) is 0 Å². The molecule has 0 aromatic rings. The molecule has 68 valence electrons. The molecule has 0 spiro atoms. The van der Waals surface area contributed by atoms with Crippen molar-refractivity contribution in [2.24, 2.45) is 17.3 Å². The highest BCUT2D eigenvalue weighted by atomic mass is 14.4. The summed E-state index contributed by atoms with van der Waals surface area (Å²) in [4.78, 5) is 0. The summed E-state index contributed by atoms with van der Waals surface area (Å²) < 4.78 is 0. The predicted molar refractivity (Wildman–Crippen MR) is 53.0 cm³/mol. The molecule has 1 saturated carbocycles. The van der Waals surface area contributed by atoms with Crippen LogP contribution in [0.15, 0.2) is 12.2 Å². The SMILES string of the molecule is CC1CCCC1C1(C)C=CCC1. The van der Waals surface area contributed by atoms with Gasteiger partial charge in [0.1, 0.15) is 0 Å². The summed E-state index contributed by atoms with van der Waals surface area (Å²) in [5.41, 5.74) is 0.565. The summed E-state index contributed by atoms with van der Waals surface area (Å²) in [5, 5.41) is 0. The third kappa shape index (κ3) is 1.22. The van der Waals surface area contributed by atoms with Gasteiger partial charge in [-0.3, -0.25) is 0 Å². The lowest BCUT2D eigenvalue weighted by atomic mass is 9.72. The summed E-state index contributed by atoms with van der Waals surface area (Å²) in [5.74, 6) is 1.95. The fraction of sp³-hybridized carbons (Fsp3) is 0.833. The molecule has 0 aromatic heterocycles. The van der Waals surface area contributed by atoms with Crippen LogP contribution in [0.3, 0.4) is 0 Å². The molecule has 0 aliphatic heterocycles. The van der Waals surface area contributed by atoms with Gasteiger partial charge in [0.2, 0.25) is 0 Å². The van der Waals surface area contributed by atoms with E-state index in [1.807, 2.05) is 0 Å². The van der Waals surface area contributed by atoms with Gasteiger partial charge >= 0.3 is 0 Å². The van der Waals surface area contributed by atoms with Gasteiger partial charge in [-0.2, -0.15) is 0 Å². The minimum Gasteiger partial charge on any atom is -0.0879 e. The Hall–Kier alpha value is -0.260. The second-order valence-corrected chi connectivity index (χ2v) is 4.96. The number of hydrogen-bond acceptors (Lipinski definition) is 0. The fourth-order valence-corrected chi connectivity index (χ4v) is 3.26. The summed E-state index contributed by atoms with van der Waals surface area (Å²) in [7, 11) is 0. The van der Waals surface area contributed by atoms with Gasteiger partial charge in [0.25, 0.3) is 0 Å². The van der Waals surface area contributed by atoms with E-state index in [0.29, 0.717) is 5.41 Å². The first-order valence-corrected chi connectivity index (χ1v) is 5.40. The van der Waals surface area contributed by atoms with Crippen LogP contribution in [0.4, 0.5) is 0 Å². The molecule has 0 nitrogen and oxygen atoms in total. The van der Waals surface area contributed by atoms with E-state index < -0.39 is 0 Å². The van der Waals surface area contributed by atoms with Crippen molar-refractivity contribution in [3.05, 3.63) is 12.2 Å². The Morgan fingerprint density at radius 2 is 2.17 bits per heavy atom. The van der Waals surface area contributed by atoms with Crippen molar-refractivity contribution in [2.45, 2.75) is 46.0 Å². The largest absolute Gasteiger partial charge is 0.0879 e. The van der Waals surface area contributed by atoms with E-state index in [2.05, 4.69) is 26.0 Å². The standard InChI is InChI=1S/C12H20/c1-10-6-5-7-11(10)12(2)8-3-4-9-12/h3,8,10-11H,4-7,9H2,1-2H3. The van der Waals surface area contributed by atoms with Gasteiger partial charge < -0.3 is 0 Å². The zero-order valence-electron chi connectivity index (χ0n) is 8.34. The molecule has 1 fully saturated rings. The van der Waals surface area contributed by atoms with Crippen molar-refractivity contribution in [2.75, 3.05) is 0 Å². The van der Waals surface area contributed by atoms with Crippen LogP contribution < -0.4 is 0 Å². The minimum atomic E-state index is 0.565. The number of allylic oxidation sites excluding steroid dienone is 2. The lowest BCUT2D eigenvalue weighted by Gasteiger charge is -2.32. The molecule has 0 amide bonds. The van der Waals surface area contributed by atoms with E-state index in [-0.39, 0.29) is 0 Å². The van der Waals surface area contributed by atoms with E-state index in [1.165, 1.54) is 32.1 Å². The molecule has 12 heavy (non-hydrogen) atoms. The van der Waals surface area contributed by atoms with Crippen LogP contribution in [-0.4, -0.2) is 0 Å². The summed E-state index contributed by atoms with van der Waals surface area (Å²) in [6, 6.07) is 0. The van der Waals surface area contributed by atoms with Gasteiger partial charge in [-0.25, -0.2) is 0 Å². The topological polar surface area (TPSA) is 0 Å². The molecule has 0 aromatic carbocycles. The first-order valence-electron chi connectivity index (χ1n) is 5.40. The third-order valence-electron chi connectivity index (χ3n) is 4.06. The van der Waals surface area contributed by atoms with Crippen molar-refractivity contribution in [1.29, 1.82) is 0 Å². The molecule has 2 aliphatic rings. The highest BCUT2D eigenvalue weighted by Gasteiger charge is 2.38. The van der Waals surface area contributed by atoms with Crippen molar-refractivity contribution in [3.8, 4) is 0 Å². The average Bonchev–Trinajstić information content (AvgIpc) is 2.59. The molecular formula is C12H20. The van der Waals surface area contributed by atoms with Gasteiger partial charge in [-0.15, -0.1) is 0 Å². The van der Waals surface area contributed by atoms with Crippen LogP contribution in [0.25, 0.3) is 0 Å². The summed E-state index contributed by atoms with van der Waals surface area (Å²) >= 11 is 0. The summed E-state index contributed by atoms with van der Waals surface area (Å²) in [6.07, 6.45) is 12.0. The second-order valence-electron chi connectivity index (χ2n) is 4.96. The quantitative estimate of drug-likeness (QED) is 0.517. The van der Waals surface area contributed by atoms with E-state index in [1.54, 1.807) is 0 Å². The molecule has 3 atom stereocenters. The van der Waals surface area contributed by atoms with Crippen LogP contribution in [-0.2, 0) is 0 Å². The van der Waals surface area contributed by atoms with Gasteiger partial charge in [-0.05, 0) is 36.5 Å². The Morgan fingerprint density at radius 1 is 1.33 bits per heavy atom. The average molecular weight is 164 g/mol. The van der Waals surface area contributed by atoms with E-state index in [4.69, 9.17) is 0 Å². The molecule has 2 aliphatic carbocycles. The number of rotatable bonds is 1. The lowest BCUT2D eigenvalue weighted by Crippen LogP contribution is -2.25. The maximum atomic E-state index is 2.49. The summed E-state index contributed by atoms with van der Waals surface area (Å²) in [6.45, 7) is 4.90. The molecule has 2 rings (SSSR count). The molecule has 0 heteroatoms.